The number of ether oxygens (including phenoxy) is 1. The van der Waals surface area contributed by atoms with Crippen molar-refractivity contribution in [2.24, 2.45) is 0 Å². The first-order valence-corrected chi connectivity index (χ1v) is 10.6. The Bertz CT molecular complexity index is 1040. The summed E-state index contributed by atoms with van der Waals surface area (Å²) in [6.07, 6.45) is 4.25. The minimum atomic E-state index is -3.27. The lowest BCUT2D eigenvalue weighted by Gasteiger charge is -2.01. The second-order valence-corrected chi connectivity index (χ2v) is 8.53. The van der Waals surface area contributed by atoms with Crippen LogP contribution in [0, 0.1) is 0 Å². The maximum atomic E-state index is 11.7. The second-order valence-electron chi connectivity index (χ2n) is 5.57. The van der Waals surface area contributed by atoms with Gasteiger partial charge in [0.05, 0.1) is 35.5 Å². The maximum absolute atomic E-state index is 11.7. The molecule has 26 heavy (non-hydrogen) atoms. The van der Waals surface area contributed by atoms with Gasteiger partial charge in [-0.1, -0.05) is 12.1 Å². The van der Waals surface area contributed by atoms with E-state index in [1.807, 2.05) is 11.4 Å². The molecule has 0 saturated heterocycles. The van der Waals surface area contributed by atoms with E-state index in [-0.39, 0.29) is 4.90 Å². The fourth-order valence-corrected chi connectivity index (χ4v) is 3.77. The molecule has 0 fully saturated rings. The average Bonchev–Trinajstić information content (AvgIpc) is 3.25. The van der Waals surface area contributed by atoms with Gasteiger partial charge in [-0.15, -0.1) is 11.3 Å². The summed E-state index contributed by atoms with van der Waals surface area (Å²) in [5.41, 5.74) is 1.83. The molecule has 0 amide bonds. The van der Waals surface area contributed by atoms with Crippen LogP contribution in [0.1, 0.15) is 22.3 Å². The molecule has 0 aliphatic heterocycles. The van der Waals surface area contributed by atoms with E-state index in [0.717, 1.165) is 10.6 Å². The molecule has 0 saturated carbocycles. The number of rotatable bonds is 6. The molecule has 9 heteroatoms. The molecule has 0 spiro atoms. The SMILES string of the molecule is CCOC(=O)c1cnn(Cc2nc(-c3cccc(S(C)(=O)=O)c3)cs2)c1. The zero-order chi connectivity index (χ0) is 18.7. The first-order chi connectivity index (χ1) is 12.4. The van der Waals surface area contributed by atoms with Gasteiger partial charge in [0, 0.05) is 23.4 Å². The van der Waals surface area contributed by atoms with Crippen LogP contribution < -0.4 is 0 Å². The summed E-state index contributed by atoms with van der Waals surface area (Å²) in [5.74, 6) is -0.406. The van der Waals surface area contributed by atoms with Crippen molar-refractivity contribution in [3.8, 4) is 11.3 Å². The average molecular weight is 391 g/mol. The number of hydrogen-bond acceptors (Lipinski definition) is 7. The van der Waals surface area contributed by atoms with Crippen LogP contribution in [0.25, 0.3) is 11.3 Å². The highest BCUT2D eigenvalue weighted by Gasteiger charge is 2.12. The van der Waals surface area contributed by atoms with Gasteiger partial charge in [-0.3, -0.25) is 4.68 Å². The number of nitrogens with zero attached hydrogens (tertiary/aromatic N) is 3. The monoisotopic (exact) mass is 391 g/mol. The number of hydrogen-bond donors (Lipinski definition) is 0. The van der Waals surface area contributed by atoms with Gasteiger partial charge in [0.1, 0.15) is 5.01 Å². The molecule has 7 nitrogen and oxygen atoms in total. The van der Waals surface area contributed by atoms with Crippen molar-refractivity contribution in [1.29, 1.82) is 0 Å². The van der Waals surface area contributed by atoms with E-state index >= 15 is 0 Å². The second kappa shape index (κ2) is 7.38. The van der Waals surface area contributed by atoms with Gasteiger partial charge in [0.15, 0.2) is 9.84 Å². The summed E-state index contributed by atoms with van der Waals surface area (Å²) in [7, 11) is -3.27. The summed E-state index contributed by atoms with van der Waals surface area (Å²) in [5, 5.41) is 6.81. The molecule has 0 unspecified atom stereocenters. The van der Waals surface area contributed by atoms with Crippen LogP contribution in [-0.4, -0.2) is 42.0 Å². The lowest BCUT2D eigenvalue weighted by atomic mass is 10.2. The first kappa shape index (κ1) is 18.3. The highest BCUT2D eigenvalue weighted by Crippen LogP contribution is 2.24. The standard InChI is InChI=1S/C17H17N3O4S2/c1-3-24-17(21)13-8-18-20(9-13)10-16-19-15(11-25-16)12-5-4-6-14(7-12)26(2,22)23/h4-9,11H,3,10H2,1-2H3. The van der Waals surface area contributed by atoms with E-state index in [4.69, 9.17) is 4.74 Å². The minimum absolute atomic E-state index is 0.260. The van der Waals surface area contributed by atoms with Crippen LogP contribution >= 0.6 is 11.3 Å². The van der Waals surface area contributed by atoms with E-state index in [1.165, 1.54) is 23.8 Å². The smallest absolute Gasteiger partial charge is 0.341 e. The Balaban J connectivity index is 1.78. The number of benzene rings is 1. The fourth-order valence-electron chi connectivity index (χ4n) is 2.31. The highest BCUT2D eigenvalue weighted by molar-refractivity contribution is 7.90. The van der Waals surface area contributed by atoms with Gasteiger partial charge < -0.3 is 4.74 Å². The Hall–Kier alpha value is -2.52. The Morgan fingerprint density at radius 3 is 2.88 bits per heavy atom. The summed E-state index contributed by atoms with van der Waals surface area (Å²) >= 11 is 1.44. The van der Waals surface area contributed by atoms with E-state index in [9.17, 15) is 13.2 Å². The maximum Gasteiger partial charge on any atom is 0.341 e. The molecule has 0 bridgehead atoms. The molecule has 3 rings (SSSR count). The van der Waals surface area contributed by atoms with Crippen molar-refractivity contribution in [1.82, 2.24) is 14.8 Å². The predicted molar refractivity (Wildman–Crippen MR) is 97.9 cm³/mol. The summed E-state index contributed by atoms with van der Waals surface area (Å²) in [4.78, 5) is 16.5. The summed E-state index contributed by atoms with van der Waals surface area (Å²) in [6.45, 7) is 2.47. The number of sulfone groups is 1. The zero-order valence-corrected chi connectivity index (χ0v) is 15.9. The fraction of sp³-hybridized carbons (Fsp3) is 0.235. The molecular weight excluding hydrogens is 374 g/mol. The Labute approximate surface area is 155 Å². The van der Waals surface area contributed by atoms with Crippen LogP contribution in [0.3, 0.4) is 0 Å². The Morgan fingerprint density at radius 1 is 1.35 bits per heavy atom. The molecule has 0 N–H and O–H groups in total. The molecule has 2 heterocycles. The van der Waals surface area contributed by atoms with Crippen molar-refractivity contribution in [3.05, 3.63) is 52.6 Å². The largest absolute Gasteiger partial charge is 0.462 e. The quantitative estimate of drug-likeness (QED) is 0.600. The molecule has 0 aliphatic carbocycles. The van der Waals surface area contributed by atoms with Crippen LogP contribution in [0.2, 0.25) is 0 Å². The van der Waals surface area contributed by atoms with E-state index in [1.54, 1.807) is 36.0 Å². The van der Waals surface area contributed by atoms with Crippen molar-refractivity contribution < 1.29 is 17.9 Å². The number of carbonyl (C=O) groups excluding carboxylic acids is 1. The first-order valence-electron chi connectivity index (χ1n) is 7.81. The van der Waals surface area contributed by atoms with Crippen molar-refractivity contribution in [2.75, 3.05) is 12.9 Å². The third kappa shape index (κ3) is 4.17. The van der Waals surface area contributed by atoms with Gasteiger partial charge in [0.2, 0.25) is 0 Å². The lowest BCUT2D eigenvalue weighted by molar-refractivity contribution is 0.0526. The molecule has 0 aliphatic rings. The third-order valence-corrected chi connectivity index (χ3v) is 5.50. The van der Waals surface area contributed by atoms with Gasteiger partial charge in [-0.2, -0.15) is 5.10 Å². The van der Waals surface area contributed by atoms with Crippen LogP contribution in [0.4, 0.5) is 0 Å². The van der Waals surface area contributed by atoms with Crippen molar-refractivity contribution in [2.45, 2.75) is 18.4 Å². The normalized spacial score (nSPS) is 11.5. The highest BCUT2D eigenvalue weighted by atomic mass is 32.2. The number of carbonyl (C=O) groups is 1. The van der Waals surface area contributed by atoms with Gasteiger partial charge in [-0.25, -0.2) is 18.2 Å². The number of esters is 1. The molecule has 136 valence electrons. The van der Waals surface area contributed by atoms with Crippen LogP contribution in [-0.2, 0) is 21.1 Å². The third-order valence-electron chi connectivity index (χ3n) is 3.55. The Kier molecular flexibility index (Phi) is 5.19. The van der Waals surface area contributed by atoms with E-state index in [2.05, 4.69) is 10.1 Å². The van der Waals surface area contributed by atoms with Crippen molar-refractivity contribution in [3.63, 3.8) is 0 Å². The lowest BCUT2D eigenvalue weighted by Crippen LogP contribution is -2.04. The van der Waals surface area contributed by atoms with Crippen LogP contribution in [0.15, 0.2) is 46.9 Å². The van der Waals surface area contributed by atoms with Gasteiger partial charge in [-0.05, 0) is 19.1 Å². The molecule has 0 radical (unpaired) electrons. The zero-order valence-electron chi connectivity index (χ0n) is 14.2. The molecule has 0 atom stereocenters. The molecule has 2 aromatic heterocycles. The minimum Gasteiger partial charge on any atom is -0.462 e. The number of aromatic nitrogens is 3. The number of thiazole rings is 1. The van der Waals surface area contributed by atoms with Gasteiger partial charge >= 0.3 is 5.97 Å². The molecule has 1 aromatic carbocycles. The van der Waals surface area contributed by atoms with E-state index < -0.39 is 15.8 Å². The molecular formula is C17H17N3O4S2. The van der Waals surface area contributed by atoms with Crippen LogP contribution in [0.5, 0.6) is 0 Å². The summed E-state index contributed by atoms with van der Waals surface area (Å²) < 4.78 is 29.9. The van der Waals surface area contributed by atoms with E-state index in [0.29, 0.717) is 24.4 Å². The molecule has 3 aromatic rings. The van der Waals surface area contributed by atoms with Gasteiger partial charge in [0.25, 0.3) is 0 Å². The summed E-state index contributed by atoms with van der Waals surface area (Å²) in [6, 6.07) is 6.69. The van der Waals surface area contributed by atoms with Crippen molar-refractivity contribution >= 4 is 27.1 Å². The Morgan fingerprint density at radius 2 is 2.15 bits per heavy atom. The topological polar surface area (TPSA) is 91.2 Å². The predicted octanol–water partition coefficient (Wildman–Crippen LogP) is 2.64.